The Morgan fingerprint density at radius 1 is 0.560 bits per heavy atom. The average Bonchev–Trinajstić information content (AvgIpc) is 2.66. The first-order valence-corrected chi connectivity index (χ1v) is 8.19. The van der Waals surface area contributed by atoms with Crippen LogP contribution < -0.4 is 5.46 Å². The minimum Gasteiger partial charge on any atom is -0.423 e. The molecule has 2 nitrogen and oxygen atoms in total. The number of hydrogen-bond acceptors (Lipinski definition) is 2. The molecule has 0 aliphatic heterocycles. The van der Waals surface area contributed by atoms with Gasteiger partial charge in [0, 0.05) is 0 Å². The molecular formula is C22H19BO2. The van der Waals surface area contributed by atoms with E-state index >= 15 is 0 Å². The van der Waals surface area contributed by atoms with Gasteiger partial charge in [0.15, 0.2) is 0 Å². The van der Waals surface area contributed by atoms with E-state index in [0.717, 1.165) is 22.3 Å². The lowest BCUT2D eigenvalue weighted by atomic mass is 9.76. The molecule has 3 aromatic rings. The molecule has 3 rings (SSSR count). The number of rotatable bonds is 5. The Balaban J connectivity index is 1.86. The van der Waals surface area contributed by atoms with E-state index in [2.05, 4.69) is 0 Å². The van der Waals surface area contributed by atoms with Gasteiger partial charge in [-0.3, -0.25) is 0 Å². The second-order valence-corrected chi connectivity index (χ2v) is 5.75. The molecule has 3 heteroatoms. The highest BCUT2D eigenvalue weighted by Gasteiger charge is 2.14. The zero-order valence-corrected chi connectivity index (χ0v) is 13.8. The van der Waals surface area contributed by atoms with Gasteiger partial charge < -0.3 is 10.0 Å². The third kappa shape index (κ3) is 4.80. The van der Waals surface area contributed by atoms with Crippen molar-refractivity contribution in [2.75, 3.05) is 0 Å². The minimum absolute atomic E-state index is 0.488. The van der Waals surface area contributed by atoms with E-state index in [1.165, 1.54) is 0 Å². The van der Waals surface area contributed by atoms with Crippen LogP contribution in [0.15, 0.2) is 78.9 Å². The first-order valence-electron chi connectivity index (χ1n) is 8.19. The first kappa shape index (κ1) is 17.0. The van der Waals surface area contributed by atoms with Crippen molar-refractivity contribution < 1.29 is 10.0 Å². The number of benzene rings is 3. The average molecular weight is 326 g/mol. The van der Waals surface area contributed by atoms with Crippen molar-refractivity contribution in [3.63, 3.8) is 0 Å². The molecule has 0 saturated heterocycles. The molecule has 0 aliphatic rings. The van der Waals surface area contributed by atoms with E-state index in [1.54, 1.807) is 6.07 Å². The van der Waals surface area contributed by atoms with Crippen LogP contribution in [0, 0.1) is 0 Å². The monoisotopic (exact) mass is 326 g/mol. The molecule has 0 radical (unpaired) electrons. The molecule has 0 aromatic heterocycles. The van der Waals surface area contributed by atoms with Gasteiger partial charge in [0.2, 0.25) is 0 Å². The van der Waals surface area contributed by atoms with Gasteiger partial charge in [-0.15, -0.1) is 0 Å². The maximum atomic E-state index is 9.71. The van der Waals surface area contributed by atoms with Crippen LogP contribution in [0.2, 0.25) is 0 Å². The van der Waals surface area contributed by atoms with E-state index in [0.29, 0.717) is 5.46 Å². The topological polar surface area (TPSA) is 40.5 Å². The molecule has 25 heavy (non-hydrogen) atoms. The van der Waals surface area contributed by atoms with Crippen LogP contribution in [0.25, 0.3) is 24.3 Å². The summed E-state index contributed by atoms with van der Waals surface area (Å²) in [4.78, 5) is 0. The third-order valence-corrected chi connectivity index (χ3v) is 3.91. The van der Waals surface area contributed by atoms with Crippen LogP contribution in [0.3, 0.4) is 0 Å². The third-order valence-electron chi connectivity index (χ3n) is 3.91. The van der Waals surface area contributed by atoms with Crippen molar-refractivity contribution in [1.29, 1.82) is 0 Å². The summed E-state index contributed by atoms with van der Waals surface area (Å²) in [6.45, 7) is 0. The largest absolute Gasteiger partial charge is 0.489 e. The van der Waals surface area contributed by atoms with Crippen molar-refractivity contribution >= 4 is 36.9 Å². The fraction of sp³-hybridized carbons (Fsp3) is 0. The highest BCUT2D eigenvalue weighted by atomic mass is 16.4. The lowest BCUT2D eigenvalue weighted by Gasteiger charge is -2.07. The first-order chi connectivity index (χ1) is 12.2. The van der Waals surface area contributed by atoms with Crippen molar-refractivity contribution in [2.24, 2.45) is 0 Å². The summed E-state index contributed by atoms with van der Waals surface area (Å²) in [6.07, 6.45) is 7.82. The molecule has 0 atom stereocenters. The fourth-order valence-electron chi connectivity index (χ4n) is 2.58. The zero-order valence-electron chi connectivity index (χ0n) is 13.8. The van der Waals surface area contributed by atoms with Crippen LogP contribution in [-0.4, -0.2) is 17.2 Å². The van der Waals surface area contributed by atoms with Gasteiger partial charge in [-0.05, 0) is 27.7 Å². The molecule has 122 valence electrons. The van der Waals surface area contributed by atoms with E-state index < -0.39 is 7.12 Å². The van der Waals surface area contributed by atoms with E-state index in [4.69, 9.17) is 0 Å². The smallest absolute Gasteiger partial charge is 0.423 e. The molecular weight excluding hydrogens is 307 g/mol. The molecule has 0 saturated carbocycles. The molecule has 0 spiro atoms. The van der Waals surface area contributed by atoms with Crippen LogP contribution in [0.4, 0.5) is 0 Å². The van der Waals surface area contributed by atoms with Crippen LogP contribution in [0.5, 0.6) is 0 Å². The Morgan fingerprint density at radius 2 is 1.08 bits per heavy atom. The summed E-state index contributed by atoms with van der Waals surface area (Å²) < 4.78 is 0. The second kappa shape index (κ2) is 8.29. The predicted octanol–water partition coefficient (Wildman–Crippen LogP) is 3.71. The fourth-order valence-corrected chi connectivity index (χ4v) is 2.58. The summed E-state index contributed by atoms with van der Waals surface area (Å²) in [6, 6.07) is 25.6. The maximum Gasteiger partial charge on any atom is 0.489 e. The van der Waals surface area contributed by atoms with E-state index in [9.17, 15) is 10.0 Å². The summed E-state index contributed by atoms with van der Waals surface area (Å²) in [5.74, 6) is 0. The standard InChI is InChI=1S/C22H19BO2/c24-23(25)22-17-20(12-11-18-7-3-1-4-8-18)14-16-21(22)15-13-19-9-5-2-6-10-19/h1-17,24-25H. The van der Waals surface area contributed by atoms with Crippen molar-refractivity contribution in [1.82, 2.24) is 0 Å². The predicted molar refractivity (Wildman–Crippen MR) is 107 cm³/mol. The van der Waals surface area contributed by atoms with Gasteiger partial charge in [-0.25, -0.2) is 0 Å². The van der Waals surface area contributed by atoms with Crippen molar-refractivity contribution in [3.05, 3.63) is 101 Å². The van der Waals surface area contributed by atoms with Crippen LogP contribution in [0.1, 0.15) is 22.3 Å². The van der Waals surface area contributed by atoms with Crippen LogP contribution >= 0.6 is 0 Å². The van der Waals surface area contributed by atoms with Crippen molar-refractivity contribution in [3.8, 4) is 0 Å². The zero-order chi connectivity index (χ0) is 17.5. The lowest BCUT2D eigenvalue weighted by Crippen LogP contribution is -2.32. The molecule has 3 aromatic carbocycles. The minimum atomic E-state index is -1.51. The SMILES string of the molecule is OB(O)c1cc(C=Cc2ccccc2)ccc1C=Cc1ccccc1. The summed E-state index contributed by atoms with van der Waals surface area (Å²) in [5.41, 5.74) is 4.36. The second-order valence-electron chi connectivity index (χ2n) is 5.75. The van der Waals surface area contributed by atoms with Gasteiger partial charge in [0.25, 0.3) is 0 Å². The van der Waals surface area contributed by atoms with Gasteiger partial charge in [-0.2, -0.15) is 0 Å². The Bertz CT molecular complexity index is 869. The van der Waals surface area contributed by atoms with E-state index in [1.807, 2.05) is 97.1 Å². The number of hydrogen-bond donors (Lipinski definition) is 2. The summed E-state index contributed by atoms with van der Waals surface area (Å²) in [5, 5.41) is 19.4. The lowest BCUT2D eigenvalue weighted by molar-refractivity contribution is 0.425. The highest BCUT2D eigenvalue weighted by Crippen LogP contribution is 2.12. The van der Waals surface area contributed by atoms with E-state index in [-0.39, 0.29) is 0 Å². The molecule has 0 amide bonds. The highest BCUT2D eigenvalue weighted by molar-refractivity contribution is 6.59. The Hall–Kier alpha value is -2.88. The molecule has 2 N–H and O–H groups in total. The quantitative estimate of drug-likeness (QED) is 0.554. The molecule has 0 aliphatic carbocycles. The van der Waals surface area contributed by atoms with Gasteiger partial charge >= 0.3 is 7.12 Å². The van der Waals surface area contributed by atoms with Crippen molar-refractivity contribution in [2.45, 2.75) is 0 Å². The van der Waals surface area contributed by atoms with Gasteiger partial charge in [-0.1, -0.05) is 103 Å². The Labute approximate surface area is 148 Å². The Kier molecular flexibility index (Phi) is 5.63. The van der Waals surface area contributed by atoms with Gasteiger partial charge in [0.1, 0.15) is 0 Å². The van der Waals surface area contributed by atoms with Crippen LogP contribution in [-0.2, 0) is 0 Å². The molecule has 0 bridgehead atoms. The molecule has 0 fully saturated rings. The van der Waals surface area contributed by atoms with Gasteiger partial charge in [0.05, 0.1) is 0 Å². The summed E-state index contributed by atoms with van der Waals surface area (Å²) in [7, 11) is -1.51. The maximum absolute atomic E-state index is 9.71. The normalized spacial score (nSPS) is 11.3. The summed E-state index contributed by atoms with van der Waals surface area (Å²) >= 11 is 0. The molecule has 0 heterocycles. The molecule has 0 unspecified atom stereocenters. The Morgan fingerprint density at radius 3 is 1.64 bits per heavy atom.